The zero-order valence-electron chi connectivity index (χ0n) is 2.71. The molecule has 0 aromatic rings. The van der Waals surface area contributed by atoms with E-state index in [1.807, 2.05) is 0 Å². The summed E-state index contributed by atoms with van der Waals surface area (Å²) in [6.45, 7) is 0. The van der Waals surface area contributed by atoms with Crippen molar-refractivity contribution in [2.75, 3.05) is 0 Å². The zero-order valence-corrected chi connectivity index (χ0v) is 7.79. The molecule has 0 aromatic carbocycles. The quantitative estimate of drug-likeness (QED) is 0.365. The number of hydrogen-bond donors (Lipinski definition) is 0. The Balaban J connectivity index is 0. The molecule has 0 atom stereocenters. The summed E-state index contributed by atoms with van der Waals surface area (Å²) < 4.78 is 0. The van der Waals surface area contributed by atoms with Gasteiger partial charge >= 0.3 is 0 Å². The monoisotopic (exact) mass is 456 g/mol. The molecule has 0 aliphatic heterocycles. The molecule has 4 nitrogen and oxygen atoms in total. The van der Waals surface area contributed by atoms with Crippen LogP contribution in [0.1, 0.15) is 0 Å². The first-order chi connectivity index (χ1) is 0. The van der Waals surface area contributed by atoms with E-state index in [9.17, 15) is 0 Å². The summed E-state index contributed by atoms with van der Waals surface area (Å²) in [6.07, 6.45) is 0. The minimum Gasteiger partial charge on any atom is -0.412 e. The van der Waals surface area contributed by atoms with Gasteiger partial charge in [-0.1, -0.05) is 0 Å². The van der Waals surface area contributed by atoms with Crippen molar-refractivity contribution in [3.63, 3.8) is 0 Å². The van der Waals surface area contributed by atoms with Crippen LogP contribution < -0.4 is 0 Å². The van der Waals surface area contributed by atoms with Crippen molar-refractivity contribution >= 4 is 0 Å². The van der Waals surface area contributed by atoms with Gasteiger partial charge in [-0.3, -0.25) is 0 Å². The maximum Gasteiger partial charge on any atom is 0 e. The minimum atomic E-state index is 0. The predicted octanol–water partition coefficient (Wildman–Crippen LogP) is -3.30. The molecule has 6 heteroatoms. The largest absolute Gasteiger partial charge is 0.412 e. The van der Waals surface area contributed by atoms with Gasteiger partial charge in [0.2, 0.25) is 0 Å². The van der Waals surface area contributed by atoms with Gasteiger partial charge in [0.15, 0.2) is 0 Å². The van der Waals surface area contributed by atoms with Crippen molar-refractivity contribution < 1.29 is 61.5 Å². The van der Waals surface area contributed by atoms with Gasteiger partial charge in [0.25, 0.3) is 0 Å². The molecule has 0 rings (SSSR count). The molecule has 0 aliphatic carbocycles. The van der Waals surface area contributed by atoms with Gasteiger partial charge < -0.3 is 21.9 Å². The summed E-state index contributed by atoms with van der Waals surface area (Å²) in [6, 6.07) is 0. The van der Waals surface area contributed by atoms with Crippen LogP contribution in [-0.4, -0.2) is 21.9 Å². The van der Waals surface area contributed by atoms with Crippen LogP contribution in [0.2, 0.25) is 0 Å². The fraction of sp³-hybridized carbons (Fsp3) is 0. The summed E-state index contributed by atoms with van der Waals surface area (Å²) in [5.41, 5.74) is 0. The molecule has 0 heterocycles. The van der Waals surface area contributed by atoms with Gasteiger partial charge in [0, 0.05) is 39.6 Å². The summed E-state index contributed by atoms with van der Waals surface area (Å²) in [5, 5.41) is 0. The van der Waals surface area contributed by atoms with E-state index < -0.39 is 0 Å². The molecule has 0 amide bonds. The van der Waals surface area contributed by atoms with E-state index in [0.29, 0.717) is 0 Å². The van der Waals surface area contributed by atoms with E-state index >= 15 is 0 Å². The number of rotatable bonds is 0. The first kappa shape index (κ1) is 215. The Morgan fingerprint density at radius 2 is 0.333 bits per heavy atom. The summed E-state index contributed by atoms with van der Waals surface area (Å²) >= 11 is 0. The maximum absolute atomic E-state index is 0. The van der Waals surface area contributed by atoms with Crippen molar-refractivity contribution in [3.05, 3.63) is 0 Å². The third-order valence-corrected chi connectivity index (χ3v) is 0. The third kappa shape index (κ3) is 69.8. The summed E-state index contributed by atoms with van der Waals surface area (Å²) in [4.78, 5) is 0. The average molecular weight is 453 g/mol. The smallest absolute Gasteiger partial charge is 0 e. The second-order valence-corrected chi connectivity index (χ2v) is 0. The first-order valence-electron chi connectivity index (χ1n) is 0. The fourth-order valence-corrected chi connectivity index (χ4v) is 0. The summed E-state index contributed by atoms with van der Waals surface area (Å²) in [7, 11) is 0. The molecule has 0 unspecified atom stereocenters. The summed E-state index contributed by atoms with van der Waals surface area (Å²) in [5.74, 6) is 0. The Hall–Kier alpha value is 1.11. The average Bonchev–Trinajstić information content (AvgIpc) is 0. The van der Waals surface area contributed by atoms with E-state index in [2.05, 4.69) is 0 Å². The van der Waals surface area contributed by atoms with Crippen molar-refractivity contribution in [2.24, 2.45) is 0 Å². The molecule has 0 aliphatic rings. The van der Waals surface area contributed by atoms with E-state index in [1.165, 1.54) is 0 Å². The van der Waals surface area contributed by atoms with E-state index in [-0.39, 0.29) is 61.5 Å². The maximum atomic E-state index is 0. The molecule has 8 N–H and O–H groups in total. The minimum absolute atomic E-state index is 0. The molecule has 0 aromatic heterocycles. The molecule has 6 heavy (non-hydrogen) atoms. The van der Waals surface area contributed by atoms with Crippen molar-refractivity contribution in [1.29, 1.82) is 0 Å². The van der Waals surface area contributed by atoms with Crippen LogP contribution in [0, 0.1) is 0 Å². The van der Waals surface area contributed by atoms with Crippen LogP contribution in [0.3, 0.4) is 0 Å². The molecule has 48 valence electrons. The topological polar surface area (TPSA) is 126 Å². The van der Waals surface area contributed by atoms with Gasteiger partial charge in [-0.25, -0.2) is 0 Å². The molecule has 0 radical (unpaired) electrons. The molecule has 0 saturated heterocycles. The van der Waals surface area contributed by atoms with E-state index in [0.717, 1.165) is 0 Å². The fourth-order valence-electron chi connectivity index (χ4n) is 0. The second-order valence-electron chi connectivity index (χ2n) is 0. The SMILES string of the molecule is O.O.O.O.[Os].[Os]. The van der Waals surface area contributed by atoms with Crippen molar-refractivity contribution in [3.8, 4) is 0 Å². The van der Waals surface area contributed by atoms with Crippen molar-refractivity contribution in [2.45, 2.75) is 0 Å². The Morgan fingerprint density at radius 3 is 0.333 bits per heavy atom. The first-order valence-corrected chi connectivity index (χ1v) is 0. The molecular formula is H8O4Os2. The van der Waals surface area contributed by atoms with Crippen LogP contribution in [0.4, 0.5) is 0 Å². The van der Waals surface area contributed by atoms with E-state index in [1.54, 1.807) is 0 Å². The van der Waals surface area contributed by atoms with Gasteiger partial charge in [-0.15, -0.1) is 0 Å². The molecular weight excluding hydrogens is 444 g/mol. The van der Waals surface area contributed by atoms with Crippen molar-refractivity contribution in [1.82, 2.24) is 0 Å². The van der Waals surface area contributed by atoms with Crippen LogP contribution in [0.25, 0.3) is 0 Å². The molecule has 0 saturated carbocycles. The Morgan fingerprint density at radius 1 is 0.333 bits per heavy atom. The van der Waals surface area contributed by atoms with Gasteiger partial charge in [-0.2, -0.15) is 0 Å². The predicted molar refractivity (Wildman–Crippen MR) is 14.5 cm³/mol. The van der Waals surface area contributed by atoms with Gasteiger partial charge in [0.05, 0.1) is 0 Å². The zero-order chi connectivity index (χ0) is 0. The number of hydrogen-bond acceptors (Lipinski definition) is 0. The van der Waals surface area contributed by atoms with Gasteiger partial charge in [0.1, 0.15) is 0 Å². The Bertz CT molecular complexity index is 5.51. The van der Waals surface area contributed by atoms with Crippen LogP contribution in [-0.2, 0) is 39.6 Å². The Kier molecular flexibility index (Phi) is 4620. The Labute approximate surface area is 61.7 Å². The third-order valence-electron chi connectivity index (χ3n) is 0. The molecule has 0 bridgehead atoms. The molecule has 0 fully saturated rings. The molecule has 0 spiro atoms. The van der Waals surface area contributed by atoms with Crippen LogP contribution in [0.5, 0.6) is 0 Å². The standard InChI is InChI=1S/4H2O.2Os/h4*1H2;;. The second kappa shape index (κ2) is 129. The van der Waals surface area contributed by atoms with E-state index in [4.69, 9.17) is 0 Å². The van der Waals surface area contributed by atoms with Crippen LogP contribution in [0.15, 0.2) is 0 Å². The van der Waals surface area contributed by atoms with Crippen LogP contribution >= 0.6 is 0 Å². The van der Waals surface area contributed by atoms with Gasteiger partial charge in [-0.05, 0) is 0 Å². The normalized spacial score (nSPS) is 0.